The molecule has 2 aliphatic heterocycles. The van der Waals surface area contributed by atoms with Crippen molar-refractivity contribution in [3.63, 3.8) is 0 Å². The topological polar surface area (TPSA) is 97.0 Å². The molecular formula is C24H32F2N4O3. The lowest BCUT2D eigenvalue weighted by Crippen LogP contribution is -2.52. The van der Waals surface area contributed by atoms with Crippen LogP contribution in [0.1, 0.15) is 58.1 Å². The summed E-state index contributed by atoms with van der Waals surface area (Å²) in [7, 11) is 0. The molecule has 4 rings (SSSR count). The van der Waals surface area contributed by atoms with Gasteiger partial charge in [-0.2, -0.15) is 0 Å². The fourth-order valence-electron chi connectivity index (χ4n) is 5.25. The third-order valence-electron chi connectivity index (χ3n) is 7.48. The zero-order valence-electron chi connectivity index (χ0n) is 19.3. The van der Waals surface area contributed by atoms with Crippen molar-refractivity contribution in [2.24, 2.45) is 28.5 Å². The highest BCUT2D eigenvalue weighted by Crippen LogP contribution is 2.59. The molecule has 0 spiro atoms. The number of guanidine groups is 1. The van der Waals surface area contributed by atoms with Crippen molar-refractivity contribution in [1.29, 1.82) is 0 Å². The van der Waals surface area contributed by atoms with Crippen LogP contribution in [0, 0.1) is 17.8 Å². The van der Waals surface area contributed by atoms with Gasteiger partial charge in [0.25, 0.3) is 5.92 Å². The fraction of sp³-hybridized carbons (Fsp3) is 0.625. The number of hydrogen-bond donors (Lipinski definition) is 2. The monoisotopic (exact) mass is 462 g/mol. The van der Waals surface area contributed by atoms with Gasteiger partial charge in [0.2, 0.25) is 11.8 Å². The first-order valence-electron chi connectivity index (χ1n) is 11.7. The maximum Gasteiger partial charge on any atom is 0.264 e. The van der Waals surface area contributed by atoms with Crippen LogP contribution in [-0.2, 0) is 9.59 Å². The largest absolute Gasteiger partial charge is 0.493 e. The molecule has 3 N–H and O–H groups in total. The molecule has 4 atom stereocenters. The van der Waals surface area contributed by atoms with Crippen LogP contribution in [0.3, 0.4) is 0 Å². The van der Waals surface area contributed by atoms with Gasteiger partial charge < -0.3 is 15.8 Å². The smallest absolute Gasteiger partial charge is 0.264 e. The van der Waals surface area contributed by atoms with Crippen molar-refractivity contribution >= 4 is 17.8 Å². The Morgan fingerprint density at radius 2 is 2.03 bits per heavy atom. The summed E-state index contributed by atoms with van der Waals surface area (Å²) >= 11 is 0. The van der Waals surface area contributed by atoms with E-state index in [0.29, 0.717) is 31.6 Å². The lowest BCUT2D eigenvalue weighted by atomic mass is 9.87. The number of para-hydroxylation sites is 1. The summed E-state index contributed by atoms with van der Waals surface area (Å²) in [4.78, 5) is 31.4. The molecule has 1 aromatic rings. The van der Waals surface area contributed by atoms with E-state index in [1.807, 2.05) is 32.0 Å². The number of alkyl halides is 2. The van der Waals surface area contributed by atoms with Crippen molar-refractivity contribution in [2.75, 3.05) is 13.2 Å². The second kappa shape index (κ2) is 8.57. The number of fused-ring (bicyclic) bond motifs is 1. The third kappa shape index (κ3) is 4.17. The van der Waals surface area contributed by atoms with E-state index in [1.54, 1.807) is 13.0 Å². The Morgan fingerprint density at radius 1 is 1.33 bits per heavy atom. The maximum absolute atomic E-state index is 14.7. The van der Waals surface area contributed by atoms with Crippen molar-refractivity contribution < 1.29 is 23.1 Å². The lowest BCUT2D eigenvalue weighted by molar-refractivity contribution is -0.130. The SMILES string of the molecule is CCC1(CC)CC(=O)N(C[C@H](C)C2C(C(=O)N[C@H]3CCOc4ccccc43)C2(F)F)C(N)=N1. The van der Waals surface area contributed by atoms with E-state index in [4.69, 9.17) is 10.5 Å². The van der Waals surface area contributed by atoms with Gasteiger partial charge in [0, 0.05) is 24.4 Å². The Bertz CT molecular complexity index is 963. The molecule has 1 saturated carbocycles. The van der Waals surface area contributed by atoms with Gasteiger partial charge in [-0.05, 0) is 24.8 Å². The minimum Gasteiger partial charge on any atom is -0.493 e. The van der Waals surface area contributed by atoms with E-state index < -0.39 is 35.1 Å². The van der Waals surface area contributed by atoms with Gasteiger partial charge in [0.05, 0.1) is 24.6 Å². The number of carbonyl (C=O) groups excluding carboxylic acids is 2. The van der Waals surface area contributed by atoms with Gasteiger partial charge >= 0.3 is 0 Å². The van der Waals surface area contributed by atoms with Crippen LogP contribution in [0.25, 0.3) is 0 Å². The van der Waals surface area contributed by atoms with Crippen molar-refractivity contribution in [3.05, 3.63) is 29.8 Å². The summed E-state index contributed by atoms with van der Waals surface area (Å²) in [6.45, 7) is 5.97. The van der Waals surface area contributed by atoms with E-state index in [9.17, 15) is 18.4 Å². The number of nitrogens with two attached hydrogens (primary N) is 1. The predicted molar refractivity (Wildman–Crippen MR) is 120 cm³/mol. The second-order valence-electron chi connectivity index (χ2n) is 9.47. The quantitative estimate of drug-likeness (QED) is 0.650. The normalized spacial score (nSPS) is 28.3. The van der Waals surface area contributed by atoms with Gasteiger partial charge in [-0.15, -0.1) is 0 Å². The van der Waals surface area contributed by atoms with Crippen LogP contribution < -0.4 is 15.8 Å². The summed E-state index contributed by atoms with van der Waals surface area (Å²) in [5, 5.41) is 2.80. The number of benzene rings is 1. The maximum atomic E-state index is 14.7. The highest BCUT2D eigenvalue weighted by Gasteiger charge is 2.73. The Kier molecular flexibility index (Phi) is 6.09. The van der Waals surface area contributed by atoms with E-state index in [-0.39, 0.29) is 30.9 Å². The molecule has 180 valence electrons. The predicted octanol–water partition coefficient (Wildman–Crippen LogP) is 3.25. The molecule has 0 bridgehead atoms. The highest BCUT2D eigenvalue weighted by atomic mass is 19.3. The molecule has 0 radical (unpaired) electrons. The minimum absolute atomic E-state index is 0.0157. The highest BCUT2D eigenvalue weighted by molar-refractivity contribution is 5.99. The van der Waals surface area contributed by atoms with E-state index in [2.05, 4.69) is 10.3 Å². The first kappa shape index (κ1) is 23.4. The summed E-state index contributed by atoms with van der Waals surface area (Å²) in [6, 6.07) is 6.94. The van der Waals surface area contributed by atoms with Gasteiger partial charge in [-0.1, -0.05) is 39.0 Å². The van der Waals surface area contributed by atoms with Crippen LogP contribution >= 0.6 is 0 Å². The van der Waals surface area contributed by atoms with Gasteiger partial charge in [0.15, 0.2) is 5.96 Å². The van der Waals surface area contributed by atoms with Gasteiger partial charge in [-0.25, -0.2) is 13.8 Å². The van der Waals surface area contributed by atoms with Crippen LogP contribution in [0.15, 0.2) is 29.3 Å². The average molecular weight is 463 g/mol. The molecule has 2 heterocycles. The first-order chi connectivity index (χ1) is 15.6. The fourth-order valence-corrected chi connectivity index (χ4v) is 5.25. The molecule has 2 unspecified atom stereocenters. The molecule has 1 aromatic carbocycles. The molecule has 1 aliphatic carbocycles. The molecule has 0 saturated heterocycles. The third-order valence-corrected chi connectivity index (χ3v) is 7.48. The second-order valence-corrected chi connectivity index (χ2v) is 9.47. The summed E-state index contributed by atoms with van der Waals surface area (Å²) in [5.41, 5.74) is 6.35. The van der Waals surface area contributed by atoms with Crippen molar-refractivity contribution in [1.82, 2.24) is 10.2 Å². The summed E-state index contributed by atoms with van der Waals surface area (Å²) in [5.74, 6) is -6.46. The number of carbonyl (C=O) groups is 2. The number of rotatable bonds is 7. The molecule has 9 heteroatoms. The Labute approximate surface area is 192 Å². The Balaban J connectivity index is 1.43. The molecular weight excluding hydrogens is 430 g/mol. The summed E-state index contributed by atoms with van der Waals surface area (Å²) in [6.07, 6.45) is 2.09. The van der Waals surface area contributed by atoms with Crippen LogP contribution in [0.2, 0.25) is 0 Å². The number of aliphatic imine (C=N–C) groups is 1. The first-order valence-corrected chi connectivity index (χ1v) is 11.7. The number of ether oxygens (including phenoxy) is 1. The molecule has 3 aliphatic rings. The number of halogens is 2. The zero-order valence-corrected chi connectivity index (χ0v) is 19.3. The number of amides is 2. The zero-order chi connectivity index (χ0) is 24.0. The Morgan fingerprint density at radius 3 is 2.70 bits per heavy atom. The molecule has 7 nitrogen and oxygen atoms in total. The standard InChI is InChI=1S/C24H32F2N4O3/c1-4-23(5-2)12-18(31)30(22(27)29-23)13-14(3)19-20(24(19,25)26)21(32)28-16-10-11-33-17-9-7-6-8-15(16)17/h6-9,14,16,19-20H,4-5,10-13H2,1-3H3,(H2,27,29)(H,28,32)/t14-,16-,19?,20?/m0/s1. The Hall–Kier alpha value is -2.71. The van der Waals surface area contributed by atoms with Gasteiger partial charge in [-0.3, -0.25) is 14.5 Å². The van der Waals surface area contributed by atoms with Crippen molar-refractivity contribution in [2.45, 2.75) is 64.0 Å². The van der Waals surface area contributed by atoms with E-state index in [1.165, 1.54) is 4.90 Å². The summed E-state index contributed by atoms with van der Waals surface area (Å²) < 4.78 is 35.1. The van der Waals surface area contributed by atoms with E-state index in [0.717, 1.165) is 5.56 Å². The number of nitrogens with zero attached hydrogens (tertiary/aromatic N) is 2. The molecule has 1 fully saturated rings. The molecule has 0 aromatic heterocycles. The number of hydrogen-bond acceptors (Lipinski definition) is 5. The molecule has 2 amide bonds. The lowest BCUT2D eigenvalue weighted by Gasteiger charge is -2.37. The van der Waals surface area contributed by atoms with E-state index >= 15 is 0 Å². The van der Waals surface area contributed by atoms with Gasteiger partial charge in [0.1, 0.15) is 11.7 Å². The minimum atomic E-state index is -3.13. The average Bonchev–Trinajstić information content (AvgIpc) is 3.38. The van der Waals surface area contributed by atoms with Crippen LogP contribution in [-0.4, -0.2) is 47.3 Å². The van der Waals surface area contributed by atoms with Crippen molar-refractivity contribution in [3.8, 4) is 5.75 Å². The van der Waals surface area contributed by atoms with Crippen LogP contribution in [0.4, 0.5) is 8.78 Å². The van der Waals surface area contributed by atoms with Crippen LogP contribution in [0.5, 0.6) is 5.75 Å². The number of nitrogens with one attached hydrogen (secondary N) is 1. The molecule has 33 heavy (non-hydrogen) atoms.